The summed E-state index contributed by atoms with van der Waals surface area (Å²) in [5.74, 6) is 0.551. The third-order valence-electron chi connectivity index (χ3n) is 5.74. The van der Waals surface area contributed by atoms with Crippen LogP contribution in [0.25, 0.3) is 5.69 Å². The quantitative estimate of drug-likeness (QED) is 0.421. The minimum Gasteiger partial charge on any atom is -0.496 e. The van der Waals surface area contributed by atoms with E-state index in [2.05, 4.69) is 5.32 Å². The Bertz CT molecular complexity index is 1330. The Morgan fingerprint density at radius 2 is 1.64 bits per heavy atom. The standard InChI is InChI=1S/C26H22N2O3S2/c1-31-21-15-9-8-14-19(21)22-20(24(29)27-17-10-4-2-5-11-17)16-32-25-23(22)33-26(30)28(25)18-12-6-3-7-13-18/h2-15,20,22H,16H2,1H3,(H,27,29)/t20-,22+/m1/s1. The van der Waals surface area contributed by atoms with Crippen LogP contribution in [0.1, 0.15) is 16.4 Å². The summed E-state index contributed by atoms with van der Waals surface area (Å²) < 4.78 is 7.43. The Morgan fingerprint density at radius 1 is 0.970 bits per heavy atom. The van der Waals surface area contributed by atoms with E-state index < -0.39 is 0 Å². The van der Waals surface area contributed by atoms with Crippen molar-refractivity contribution >= 4 is 34.7 Å². The van der Waals surface area contributed by atoms with Crippen molar-refractivity contribution < 1.29 is 9.53 Å². The summed E-state index contributed by atoms with van der Waals surface area (Å²) in [5, 5.41) is 3.96. The lowest BCUT2D eigenvalue weighted by molar-refractivity contribution is -0.119. The zero-order valence-corrected chi connectivity index (χ0v) is 19.6. The van der Waals surface area contributed by atoms with Crippen molar-refractivity contribution in [2.45, 2.75) is 10.9 Å². The average Bonchev–Trinajstić information content (AvgIpc) is 3.20. The number of thiazole rings is 1. The summed E-state index contributed by atoms with van der Waals surface area (Å²) in [6, 6.07) is 26.9. The highest BCUT2D eigenvalue weighted by atomic mass is 32.2. The molecule has 0 unspecified atom stereocenters. The Balaban J connectivity index is 1.63. The van der Waals surface area contributed by atoms with Gasteiger partial charge in [0.1, 0.15) is 5.75 Å². The first-order valence-electron chi connectivity index (χ1n) is 10.6. The van der Waals surface area contributed by atoms with E-state index in [0.29, 0.717) is 11.5 Å². The molecular formula is C26H22N2O3S2. The largest absolute Gasteiger partial charge is 0.496 e. The molecule has 1 aliphatic heterocycles. The molecule has 5 rings (SSSR count). The number of fused-ring (bicyclic) bond motifs is 1. The molecule has 1 aliphatic rings. The molecule has 166 valence electrons. The van der Waals surface area contributed by atoms with Crippen molar-refractivity contribution in [1.29, 1.82) is 0 Å². The number of methoxy groups -OCH3 is 1. The van der Waals surface area contributed by atoms with Crippen LogP contribution in [0.2, 0.25) is 0 Å². The van der Waals surface area contributed by atoms with E-state index in [1.807, 2.05) is 84.9 Å². The second kappa shape index (κ2) is 9.29. The Kier molecular flexibility index (Phi) is 6.07. The van der Waals surface area contributed by atoms with Crippen LogP contribution < -0.4 is 14.9 Å². The molecule has 0 saturated heterocycles. The van der Waals surface area contributed by atoms with E-state index in [-0.39, 0.29) is 22.6 Å². The highest BCUT2D eigenvalue weighted by molar-refractivity contribution is 7.99. The number of rotatable bonds is 5. The van der Waals surface area contributed by atoms with Crippen molar-refractivity contribution in [1.82, 2.24) is 4.57 Å². The van der Waals surface area contributed by atoms with Crippen LogP contribution in [-0.4, -0.2) is 23.3 Å². The van der Waals surface area contributed by atoms with Gasteiger partial charge >= 0.3 is 4.87 Å². The zero-order chi connectivity index (χ0) is 22.8. The van der Waals surface area contributed by atoms with Crippen molar-refractivity contribution in [3.05, 3.63) is 105 Å². The molecular weight excluding hydrogens is 452 g/mol. The first-order valence-corrected chi connectivity index (χ1v) is 12.4. The maximum absolute atomic E-state index is 13.5. The number of aromatic nitrogens is 1. The third kappa shape index (κ3) is 4.10. The van der Waals surface area contributed by atoms with Crippen LogP contribution in [-0.2, 0) is 4.79 Å². The molecule has 0 radical (unpaired) electrons. The number of hydrogen-bond acceptors (Lipinski definition) is 5. The normalized spacial score (nSPS) is 17.2. The smallest absolute Gasteiger partial charge is 0.312 e. The van der Waals surface area contributed by atoms with Gasteiger partial charge in [-0.15, -0.1) is 11.8 Å². The number of ether oxygens (including phenoxy) is 1. The number of benzene rings is 3. The summed E-state index contributed by atoms with van der Waals surface area (Å²) in [6.45, 7) is 0. The number of nitrogens with one attached hydrogen (secondary N) is 1. The van der Waals surface area contributed by atoms with Gasteiger partial charge in [0.05, 0.1) is 23.7 Å². The first kappa shape index (κ1) is 21.6. The SMILES string of the molecule is COc1ccccc1[C@@H]1c2sc(=O)n(-c3ccccc3)c2SC[C@H]1C(=O)Nc1ccccc1. The molecule has 0 spiro atoms. The van der Waals surface area contributed by atoms with E-state index in [9.17, 15) is 9.59 Å². The van der Waals surface area contributed by atoms with E-state index in [4.69, 9.17) is 4.74 Å². The van der Waals surface area contributed by atoms with E-state index >= 15 is 0 Å². The summed E-state index contributed by atoms with van der Waals surface area (Å²) in [6.07, 6.45) is 0. The molecule has 0 aliphatic carbocycles. The van der Waals surface area contributed by atoms with Gasteiger partial charge in [0.2, 0.25) is 5.91 Å². The molecule has 4 aromatic rings. The molecule has 2 heterocycles. The number of anilines is 1. The third-order valence-corrected chi connectivity index (χ3v) is 8.10. The van der Waals surface area contributed by atoms with Gasteiger partial charge in [0, 0.05) is 27.8 Å². The number of nitrogens with zero attached hydrogens (tertiary/aromatic N) is 1. The van der Waals surface area contributed by atoms with Crippen molar-refractivity contribution in [2.24, 2.45) is 5.92 Å². The zero-order valence-electron chi connectivity index (χ0n) is 17.9. The fourth-order valence-corrected chi connectivity index (χ4v) is 6.92. The molecule has 33 heavy (non-hydrogen) atoms. The number of carbonyl (C=O) groups is 1. The average molecular weight is 475 g/mol. The second-order valence-corrected chi connectivity index (χ2v) is 9.70. The Hall–Kier alpha value is -3.29. The number of para-hydroxylation sites is 3. The summed E-state index contributed by atoms with van der Waals surface area (Å²) in [7, 11) is 1.63. The summed E-state index contributed by atoms with van der Waals surface area (Å²) in [4.78, 5) is 27.5. The lowest BCUT2D eigenvalue weighted by Crippen LogP contribution is -2.33. The molecule has 1 N–H and O–H groups in total. The number of thioether (sulfide) groups is 1. The van der Waals surface area contributed by atoms with Crippen LogP contribution >= 0.6 is 23.1 Å². The number of hydrogen-bond donors (Lipinski definition) is 1. The fourth-order valence-electron chi connectivity index (χ4n) is 4.22. The molecule has 0 fully saturated rings. The molecule has 3 aromatic carbocycles. The van der Waals surface area contributed by atoms with Gasteiger partial charge < -0.3 is 10.1 Å². The molecule has 0 bridgehead atoms. The van der Waals surface area contributed by atoms with Crippen LogP contribution in [0, 0.1) is 5.92 Å². The Labute approximate surface area is 200 Å². The molecule has 1 aromatic heterocycles. The molecule has 5 nitrogen and oxygen atoms in total. The molecule has 1 amide bonds. The van der Waals surface area contributed by atoms with Gasteiger partial charge in [-0.1, -0.05) is 65.9 Å². The Morgan fingerprint density at radius 3 is 2.36 bits per heavy atom. The van der Waals surface area contributed by atoms with E-state index in [1.165, 1.54) is 11.3 Å². The van der Waals surface area contributed by atoms with Crippen molar-refractivity contribution in [2.75, 3.05) is 18.2 Å². The molecule has 2 atom stereocenters. The summed E-state index contributed by atoms with van der Waals surface area (Å²) >= 11 is 2.77. The van der Waals surface area contributed by atoms with Crippen LogP contribution in [0.5, 0.6) is 5.75 Å². The van der Waals surface area contributed by atoms with Gasteiger partial charge in [-0.3, -0.25) is 14.2 Å². The van der Waals surface area contributed by atoms with Crippen LogP contribution in [0.4, 0.5) is 5.69 Å². The highest BCUT2D eigenvalue weighted by Gasteiger charge is 2.40. The monoisotopic (exact) mass is 474 g/mol. The van der Waals surface area contributed by atoms with Crippen molar-refractivity contribution in [3.8, 4) is 11.4 Å². The predicted octanol–water partition coefficient (Wildman–Crippen LogP) is 5.40. The summed E-state index contributed by atoms with van der Waals surface area (Å²) in [5.41, 5.74) is 2.50. The van der Waals surface area contributed by atoms with Crippen LogP contribution in [0.15, 0.2) is 94.7 Å². The second-order valence-electron chi connectivity index (χ2n) is 7.70. The molecule has 7 heteroatoms. The first-order chi connectivity index (χ1) is 16.2. The maximum Gasteiger partial charge on any atom is 0.312 e. The maximum atomic E-state index is 13.5. The van der Waals surface area contributed by atoms with Gasteiger partial charge in [0.25, 0.3) is 0 Å². The van der Waals surface area contributed by atoms with Gasteiger partial charge in [-0.05, 0) is 30.3 Å². The van der Waals surface area contributed by atoms with E-state index in [1.54, 1.807) is 23.4 Å². The van der Waals surface area contributed by atoms with Gasteiger partial charge in [-0.25, -0.2) is 0 Å². The van der Waals surface area contributed by atoms with E-state index in [0.717, 1.165) is 26.8 Å². The highest BCUT2D eigenvalue weighted by Crippen LogP contribution is 2.49. The lowest BCUT2D eigenvalue weighted by Gasteiger charge is -2.31. The fraction of sp³-hybridized carbons (Fsp3) is 0.154. The number of carbonyl (C=O) groups excluding carboxylic acids is 1. The minimum atomic E-state index is -0.360. The van der Waals surface area contributed by atoms with Crippen LogP contribution in [0.3, 0.4) is 0 Å². The number of amides is 1. The van der Waals surface area contributed by atoms with Gasteiger partial charge in [0.15, 0.2) is 0 Å². The lowest BCUT2D eigenvalue weighted by atomic mass is 9.84. The minimum absolute atomic E-state index is 0.0530. The predicted molar refractivity (Wildman–Crippen MR) is 134 cm³/mol. The molecule has 0 saturated carbocycles. The van der Waals surface area contributed by atoms with Gasteiger partial charge in [-0.2, -0.15) is 0 Å². The topological polar surface area (TPSA) is 60.3 Å². The van der Waals surface area contributed by atoms with Crippen molar-refractivity contribution in [3.63, 3.8) is 0 Å².